The van der Waals surface area contributed by atoms with Gasteiger partial charge in [0.2, 0.25) is 6.79 Å². The minimum Gasteiger partial charge on any atom is -0.456 e. The van der Waals surface area contributed by atoms with Gasteiger partial charge in [-0.05, 0) is 32.0 Å². The summed E-state index contributed by atoms with van der Waals surface area (Å²) in [7, 11) is -3.64. The number of hydrogen-bond donors (Lipinski definition) is 1. The van der Waals surface area contributed by atoms with Gasteiger partial charge in [-0.15, -0.1) is 0 Å². The monoisotopic (exact) mass is 447 g/mol. The Hall–Kier alpha value is -3.40. The molecule has 9 nitrogen and oxygen atoms in total. The molecule has 0 saturated heterocycles. The number of Topliss-reactive ketones (excluding diaryl/α,β-unsaturated/α-hetero) is 1. The molecule has 10 heteroatoms. The number of carbonyl (C=O) groups excluding carboxylic acids is 3. The van der Waals surface area contributed by atoms with Crippen LogP contribution >= 0.6 is 0 Å². The molecule has 2 aromatic carbocycles. The van der Waals surface area contributed by atoms with Crippen molar-refractivity contribution in [3.63, 3.8) is 0 Å². The summed E-state index contributed by atoms with van der Waals surface area (Å²) < 4.78 is 39.9. The summed E-state index contributed by atoms with van der Waals surface area (Å²) in [5, 5.41) is 2.49. The van der Waals surface area contributed by atoms with Gasteiger partial charge in [0, 0.05) is 11.6 Å². The number of rotatable bonds is 8. The number of nitrogens with one attached hydrogen (secondary N) is 1. The zero-order valence-electron chi connectivity index (χ0n) is 17.0. The smallest absolute Gasteiger partial charge is 0.307 e. The van der Waals surface area contributed by atoms with Gasteiger partial charge in [0.1, 0.15) is 0 Å². The minimum absolute atomic E-state index is 0.00713. The van der Waals surface area contributed by atoms with Crippen LogP contribution in [-0.2, 0) is 24.2 Å². The fourth-order valence-corrected chi connectivity index (χ4v) is 4.04. The highest BCUT2D eigenvalue weighted by Gasteiger charge is 2.21. The summed E-state index contributed by atoms with van der Waals surface area (Å²) in [6, 6.07) is 9.19. The maximum absolute atomic E-state index is 12.3. The van der Waals surface area contributed by atoms with Crippen molar-refractivity contribution in [3.8, 4) is 11.5 Å². The molecule has 0 fully saturated rings. The van der Waals surface area contributed by atoms with Crippen LogP contribution in [0.15, 0.2) is 41.3 Å². The molecule has 0 radical (unpaired) electrons. The third-order valence-corrected chi connectivity index (χ3v) is 6.22. The van der Waals surface area contributed by atoms with Crippen molar-refractivity contribution in [3.05, 3.63) is 47.5 Å². The van der Waals surface area contributed by atoms with E-state index in [2.05, 4.69) is 5.32 Å². The topological polar surface area (TPSA) is 125 Å². The number of hydrogen-bond acceptors (Lipinski definition) is 8. The summed E-state index contributed by atoms with van der Waals surface area (Å²) in [4.78, 5) is 36.0. The molecule has 0 aliphatic carbocycles. The van der Waals surface area contributed by atoms with Crippen molar-refractivity contribution >= 4 is 33.2 Å². The predicted molar refractivity (Wildman–Crippen MR) is 110 cm³/mol. The molecule has 0 atom stereocenters. The molecule has 0 bridgehead atoms. The SMILES string of the molecule is CC(=O)c1cc2c(cc1NC(=O)COC(=O)CCS(=O)(=O)c1ccc(C)cc1)OCO2. The number of sulfone groups is 1. The third-order valence-electron chi connectivity index (χ3n) is 4.49. The minimum atomic E-state index is -3.64. The Labute approximate surface area is 179 Å². The summed E-state index contributed by atoms with van der Waals surface area (Å²) in [6.45, 7) is 2.55. The third kappa shape index (κ3) is 5.60. The molecule has 0 saturated carbocycles. The Morgan fingerprint density at radius 1 is 1.06 bits per heavy atom. The van der Waals surface area contributed by atoms with Crippen LogP contribution in [0.3, 0.4) is 0 Å². The first kappa shape index (κ1) is 22.3. The first-order valence-corrected chi connectivity index (χ1v) is 11.0. The number of ketones is 1. The van der Waals surface area contributed by atoms with E-state index in [-0.39, 0.29) is 28.7 Å². The van der Waals surface area contributed by atoms with E-state index in [4.69, 9.17) is 14.2 Å². The lowest BCUT2D eigenvalue weighted by Gasteiger charge is -2.11. The molecule has 31 heavy (non-hydrogen) atoms. The highest BCUT2D eigenvalue weighted by atomic mass is 32.2. The molecule has 1 N–H and O–H groups in total. The van der Waals surface area contributed by atoms with Gasteiger partial charge < -0.3 is 19.5 Å². The number of esters is 1. The molecule has 0 spiro atoms. The molecule has 0 unspecified atom stereocenters. The largest absolute Gasteiger partial charge is 0.456 e. The Morgan fingerprint density at radius 3 is 2.35 bits per heavy atom. The van der Waals surface area contributed by atoms with Crippen molar-refractivity contribution in [2.24, 2.45) is 0 Å². The van der Waals surface area contributed by atoms with E-state index in [0.29, 0.717) is 11.5 Å². The van der Waals surface area contributed by atoms with E-state index in [0.717, 1.165) is 5.56 Å². The second-order valence-corrected chi connectivity index (χ2v) is 9.01. The molecule has 3 rings (SSSR count). The van der Waals surface area contributed by atoms with Gasteiger partial charge in [-0.25, -0.2) is 8.42 Å². The Bertz CT molecular complexity index is 1120. The van der Waals surface area contributed by atoms with E-state index >= 15 is 0 Å². The molecule has 1 heterocycles. The number of fused-ring (bicyclic) bond motifs is 1. The fraction of sp³-hybridized carbons (Fsp3) is 0.286. The predicted octanol–water partition coefficient (Wildman–Crippen LogP) is 2.27. The molecule has 0 aromatic heterocycles. The lowest BCUT2D eigenvalue weighted by molar-refractivity contribution is -0.146. The molecular formula is C21H21NO8S. The van der Waals surface area contributed by atoms with E-state index in [9.17, 15) is 22.8 Å². The Morgan fingerprint density at radius 2 is 1.71 bits per heavy atom. The average molecular weight is 447 g/mol. The normalized spacial score (nSPS) is 12.3. The van der Waals surface area contributed by atoms with Gasteiger partial charge in [0.15, 0.2) is 33.7 Å². The fourth-order valence-electron chi connectivity index (χ4n) is 2.82. The van der Waals surface area contributed by atoms with Gasteiger partial charge in [-0.1, -0.05) is 17.7 Å². The number of aryl methyl sites for hydroxylation is 1. The maximum Gasteiger partial charge on any atom is 0.307 e. The second kappa shape index (κ2) is 9.17. The van der Waals surface area contributed by atoms with Crippen molar-refractivity contribution in [1.29, 1.82) is 0 Å². The van der Waals surface area contributed by atoms with Crippen molar-refractivity contribution in [2.45, 2.75) is 25.2 Å². The van der Waals surface area contributed by atoms with Crippen LogP contribution in [-0.4, -0.2) is 45.2 Å². The molecule has 1 aliphatic rings. The lowest BCUT2D eigenvalue weighted by atomic mass is 10.1. The zero-order valence-corrected chi connectivity index (χ0v) is 17.8. The molecular weight excluding hydrogens is 426 g/mol. The first-order chi connectivity index (χ1) is 14.7. The Balaban J connectivity index is 1.53. The van der Waals surface area contributed by atoms with Crippen LogP contribution in [0, 0.1) is 6.92 Å². The van der Waals surface area contributed by atoms with Crippen LogP contribution in [0.5, 0.6) is 11.5 Å². The zero-order chi connectivity index (χ0) is 22.6. The van der Waals surface area contributed by atoms with E-state index in [1.165, 1.54) is 31.2 Å². The molecule has 2 aromatic rings. The first-order valence-electron chi connectivity index (χ1n) is 9.35. The van der Waals surface area contributed by atoms with Gasteiger partial charge in [0.25, 0.3) is 5.91 Å². The van der Waals surface area contributed by atoms with Crippen molar-refractivity contribution < 1.29 is 37.0 Å². The summed E-state index contributed by atoms with van der Waals surface area (Å²) >= 11 is 0. The van der Waals surface area contributed by atoms with E-state index in [1.54, 1.807) is 12.1 Å². The van der Waals surface area contributed by atoms with Crippen LogP contribution < -0.4 is 14.8 Å². The van der Waals surface area contributed by atoms with E-state index < -0.39 is 40.5 Å². The van der Waals surface area contributed by atoms with Gasteiger partial charge in [-0.3, -0.25) is 14.4 Å². The summed E-state index contributed by atoms with van der Waals surface area (Å²) in [6.07, 6.45) is -0.397. The second-order valence-electron chi connectivity index (χ2n) is 6.90. The van der Waals surface area contributed by atoms with Crippen LogP contribution in [0.2, 0.25) is 0 Å². The van der Waals surface area contributed by atoms with Crippen LogP contribution in [0.1, 0.15) is 29.3 Å². The highest BCUT2D eigenvalue weighted by molar-refractivity contribution is 7.91. The van der Waals surface area contributed by atoms with Crippen molar-refractivity contribution in [1.82, 2.24) is 0 Å². The van der Waals surface area contributed by atoms with Crippen molar-refractivity contribution in [2.75, 3.05) is 24.5 Å². The number of benzene rings is 2. The van der Waals surface area contributed by atoms with Gasteiger partial charge in [-0.2, -0.15) is 0 Å². The van der Waals surface area contributed by atoms with E-state index in [1.807, 2.05) is 6.92 Å². The van der Waals surface area contributed by atoms with Gasteiger partial charge in [0.05, 0.1) is 22.8 Å². The molecule has 1 aliphatic heterocycles. The number of ether oxygens (including phenoxy) is 3. The quantitative estimate of drug-likeness (QED) is 0.483. The average Bonchev–Trinajstić information content (AvgIpc) is 3.18. The number of amides is 1. The van der Waals surface area contributed by atoms with Crippen LogP contribution in [0.4, 0.5) is 5.69 Å². The van der Waals surface area contributed by atoms with Gasteiger partial charge >= 0.3 is 5.97 Å². The summed E-state index contributed by atoms with van der Waals surface area (Å²) in [5.74, 6) is -1.48. The highest BCUT2D eigenvalue weighted by Crippen LogP contribution is 2.37. The number of carbonyl (C=O) groups is 3. The number of anilines is 1. The molecule has 164 valence electrons. The summed E-state index contributed by atoms with van der Waals surface area (Å²) in [5.41, 5.74) is 1.33. The maximum atomic E-state index is 12.3. The Kier molecular flexibility index (Phi) is 6.59. The van der Waals surface area contributed by atoms with Crippen LogP contribution in [0.25, 0.3) is 0 Å². The lowest BCUT2D eigenvalue weighted by Crippen LogP contribution is -2.23. The standard InChI is InChI=1S/C21H21NO8S/c1-13-3-5-15(6-4-13)31(26,27)8-7-21(25)28-11-20(24)22-17-10-19-18(29-12-30-19)9-16(17)14(2)23/h3-6,9-10H,7-8,11-12H2,1-2H3,(H,22,24). The molecule has 1 amide bonds.